The summed E-state index contributed by atoms with van der Waals surface area (Å²) < 4.78 is 0. The van der Waals surface area contributed by atoms with Crippen LogP contribution in [0, 0.1) is 23.2 Å². The number of hydrogen-bond acceptors (Lipinski definition) is 0. The van der Waals surface area contributed by atoms with Crippen molar-refractivity contribution in [2.45, 2.75) is 40.0 Å². The molecule has 0 unspecified atom stereocenters. The predicted molar refractivity (Wildman–Crippen MR) is 43.8 cm³/mol. The number of hydrogen-bond donors (Lipinski definition) is 0. The third-order valence-corrected chi connectivity index (χ3v) is 4.08. The molecule has 0 radical (unpaired) electrons. The van der Waals surface area contributed by atoms with Crippen LogP contribution in [0.4, 0.5) is 0 Å². The summed E-state index contributed by atoms with van der Waals surface area (Å²) in [6, 6.07) is 0. The Balaban J connectivity index is 2.11. The Hall–Kier alpha value is 0. The molecule has 2 fully saturated rings. The Morgan fingerprint density at radius 2 is 2.10 bits per heavy atom. The van der Waals surface area contributed by atoms with Gasteiger partial charge in [-0.05, 0) is 42.4 Å². The molecule has 2 saturated carbocycles. The minimum atomic E-state index is 0.833. The molecule has 0 aromatic rings. The largest absolute Gasteiger partial charge is 0.0622 e. The molecule has 2 aliphatic carbocycles. The van der Waals surface area contributed by atoms with Gasteiger partial charge in [0.05, 0.1) is 0 Å². The summed E-state index contributed by atoms with van der Waals surface area (Å²) in [7, 11) is 0. The Bertz CT molecular complexity index is 148. The monoisotopic (exact) mass is 138 g/mol. The van der Waals surface area contributed by atoms with Gasteiger partial charge in [-0.1, -0.05) is 20.8 Å². The van der Waals surface area contributed by atoms with Gasteiger partial charge in [0.2, 0.25) is 0 Å². The fourth-order valence-electron chi connectivity index (χ4n) is 3.06. The topological polar surface area (TPSA) is 0 Å². The Morgan fingerprint density at radius 1 is 1.40 bits per heavy atom. The molecular formula is C10H18. The van der Waals surface area contributed by atoms with Crippen molar-refractivity contribution in [3.63, 3.8) is 0 Å². The second-order valence-electron chi connectivity index (χ2n) is 4.71. The fraction of sp³-hybridized carbons (Fsp3) is 1.00. The van der Waals surface area contributed by atoms with Crippen LogP contribution in [0.5, 0.6) is 0 Å². The molecular weight excluding hydrogens is 120 g/mol. The maximum atomic E-state index is 2.43. The number of rotatable bonds is 1. The zero-order valence-electron chi connectivity index (χ0n) is 7.35. The van der Waals surface area contributed by atoms with Crippen LogP contribution < -0.4 is 0 Å². The maximum absolute atomic E-state index is 2.43. The molecule has 0 heteroatoms. The van der Waals surface area contributed by atoms with Crippen LogP contribution in [0.25, 0.3) is 0 Å². The molecule has 0 aromatic carbocycles. The van der Waals surface area contributed by atoms with Crippen LogP contribution in [-0.4, -0.2) is 0 Å². The number of fused-ring (bicyclic) bond motifs is 1. The molecule has 2 aliphatic rings. The second-order valence-corrected chi connectivity index (χ2v) is 4.71. The molecule has 0 spiro atoms. The molecule has 3 atom stereocenters. The average Bonchev–Trinajstić information content (AvgIpc) is 2.52. The van der Waals surface area contributed by atoms with E-state index in [2.05, 4.69) is 20.8 Å². The van der Waals surface area contributed by atoms with E-state index >= 15 is 0 Å². The first kappa shape index (κ1) is 6.69. The predicted octanol–water partition coefficient (Wildman–Crippen LogP) is 3.08. The van der Waals surface area contributed by atoms with Crippen molar-refractivity contribution >= 4 is 0 Å². The van der Waals surface area contributed by atoms with Gasteiger partial charge in [-0.3, -0.25) is 0 Å². The van der Waals surface area contributed by atoms with E-state index < -0.39 is 0 Å². The molecule has 0 heterocycles. The molecule has 2 rings (SSSR count). The van der Waals surface area contributed by atoms with E-state index in [0.717, 1.165) is 23.2 Å². The summed E-state index contributed by atoms with van der Waals surface area (Å²) in [5.74, 6) is 3.11. The van der Waals surface area contributed by atoms with Crippen LogP contribution in [0.3, 0.4) is 0 Å². The van der Waals surface area contributed by atoms with E-state index in [4.69, 9.17) is 0 Å². The molecule has 0 aromatic heterocycles. The standard InChI is InChI=1S/C10H18/c1-7(2)10-5-4-8(3)9(10)6-10/h7-9H,4-6H2,1-3H3/t8-,9+,10-/m0/s1. The first-order chi connectivity index (χ1) is 4.67. The fourth-order valence-corrected chi connectivity index (χ4v) is 3.06. The van der Waals surface area contributed by atoms with Gasteiger partial charge in [-0.15, -0.1) is 0 Å². The van der Waals surface area contributed by atoms with E-state index in [9.17, 15) is 0 Å². The van der Waals surface area contributed by atoms with E-state index in [1.165, 1.54) is 12.8 Å². The van der Waals surface area contributed by atoms with Gasteiger partial charge in [-0.2, -0.15) is 0 Å². The van der Waals surface area contributed by atoms with Crippen molar-refractivity contribution in [1.29, 1.82) is 0 Å². The lowest BCUT2D eigenvalue weighted by Crippen LogP contribution is -2.07. The lowest BCUT2D eigenvalue weighted by Gasteiger charge is -2.15. The second kappa shape index (κ2) is 1.78. The zero-order valence-corrected chi connectivity index (χ0v) is 7.35. The normalized spacial score (nSPS) is 51.6. The third-order valence-electron chi connectivity index (χ3n) is 4.08. The first-order valence-electron chi connectivity index (χ1n) is 4.67. The zero-order chi connectivity index (χ0) is 7.35. The van der Waals surface area contributed by atoms with Crippen LogP contribution >= 0.6 is 0 Å². The summed E-state index contributed by atoms with van der Waals surface area (Å²) in [5, 5.41) is 0. The summed E-state index contributed by atoms with van der Waals surface area (Å²) in [4.78, 5) is 0. The highest BCUT2D eigenvalue weighted by Crippen LogP contribution is 2.69. The summed E-state index contributed by atoms with van der Waals surface area (Å²) in [5.41, 5.74) is 0.833. The SMILES string of the molecule is CC(C)[C@@]12CC[C@H](C)[C@H]1C2. The smallest absolute Gasteiger partial charge is 0.0240 e. The highest BCUT2D eigenvalue weighted by atomic mass is 14.7. The van der Waals surface area contributed by atoms with Crippen molar-refractivity contribution in [3.8, 4) is 0 Å². The third kappa shape index (κ3) is 0.627. The molecule has 0 saturated heterocycles. The van der Waals surface area contributed by atoms with Crippen molar-refractivity contribution < 1.29 is 0 Å². The van der Waals surface area contributed by atoms with Gasteiger partial charge < -0.3 is 0 Å². The molecule has 0 bridgehead atoms. The highest BCUT2D eigenvalue weighted by Gasteiger charge is 2.61. The Morgan fingerprint density at radius 3 is 2.30 bits per heavy atom. The van der Waals surface area contributed by atoms with E-state index in [1.807, 2.05) is 0 Å². The van der Waals surface area contributed by atoms with Crippen LogP contribution in [-0.2, 0) is 0 Å². The highest BCUT2D eigenvalue weighted by molar-refractivity contribution is 5.10. The van der Waals surface area contributed by atoms with Gasteiger partial charge >= 0.3 is 0 Å². The molecule has 10 heavy (non-hydrogen) atoms. The summed E-state index contributed by atoms with van der Waals surface area (Å²) >= 11 is 0. The molecule has 0 amide bonds. The lowest BCUT2D eigenvalue weighted by atomic mass is 9.90. The lowest BCUT2D eigenvalue weighted by molar-refractivity contribution is 0.342. The van der Waals surface area contributed by atoms with Gasteiger partial charge in [0, 0.05) is 0 Å². The quantitative estimate of drug-likeness (QED) is 0.522. The van der Waals surface area contributed by atoms with Crippen LogP contribution in [0.2, 0.25) is 0 Å². The maximum Gasteiger partial charge on any atom is -0.0240 e. The minimum absolute atomic E-state index is 0.833. The summed E-state index contributed by atoms with van der Waals surface area (Å²) in [6.07, 6.45) is 4.57. The first-order valence-corrected chi connectivity index (χ1v) is 4.67. The van der Waals surface area contributed by atoms with Crippen molar-refractivity contribution in [3.05, 3.63) is 0 Å². The van der Waals surface area contributed by atoms with Crippen LogP contribution in [0.1, 0.15) is 40.0 Å². The van der Waals surface area contributed by atoms with E-state index in [0.29, 0.717) is 0 Å². The van der Waals surface area contributed by atoms with Gasteiger partial charge in [0.25, 0.3) is 0 Å². The molecule has 58 valence electrons. The summed E-state index contributed by atoms with van der Waals surface area (Å²) in [6.45, 7) is 7.23. The van der Waals surface area contributed by atoms with Crippen molar-refractivity contribution in [2.24, 2.45) is 23.2 Å². The van der Waals surface area contributed by atoms with Gasteiger partial charge in [-0.25, -0.2) is 0 Å². The average molecular weight is 138 g/mol. The molecule has 0 N–H and O–H groups in total. The van der Waals surface area contributed by atoms with E-state index in [1.54, 1.807) is 6.42 Å². The van der Waals surface area contributed by atoms with Crippen LogP contribution in [0.15, 0.2) is 0 Å². The molecule has 0 nitrogen and oxygen atoms in total. The van der Waals surface area contributed by atoms with E-state index in [-0.39, 0.29) is 0 Å². The Kier molecular flexibility index (Phi) is 1.19. The molecule has 0 aliphatic heterocycles. The Labute approximate surface area is 64.0 Å². The van der Waals surface area contributed by atoms with Crippen molar-refractivity contribution in [2.75, 3.05) is 0 Å². The van der Waals surface area contributed by atoms with Gasteiger partial charge in [0.15, 0.2) is 0 Å². The van der Waals surface area contributed by atoms with Gasteiger partial charge in [0.1, 0.15) is 0 Å². The minimum Gasteiger partial charge on any atom is -0.0622 e. The van der Waals surface area contributed by atoms with Crippen molar-refractivity contribution in [1.82, 2.24) is 0 Å².